The van der Waals surface area contributed by atoms with E-state index in [0.717, 1.165) is 21.5 Å². The fourth-order valence-electron chi connectivity index (χ4n) is 4.04. The minimum absolute atomic E-state index is 0.227. The van der Waals surface area contributed by atoms with Crippen molar-refractivity contribution in [1.29, 1.82) is 0 Å². The van der Waals surface area contributed by atoms with Crippen molar-refractivity contribution in [3.05, 3.63) is 86.7 Å². The van der Waals surface area contributed by atoms with E-state index in [0.29, 0.717) is 10.8 Å². The minimum atomic E-state index is -0.891. The Bertz CT molecular complexity index is 1660. The standard InChI is InChI=1S/C24H20ClN5O3/c1-14(15(2)31)29-22(32)20-21(27(3)24(29)33)26-23-28(20)13-19(16-7-5-4-6-8-16)30(23)18-11-9-17(25)10-12-18/h4-14H,1-3H3/t14-/m0/s1. The highest BCUT2D eigenvalue weighted by molar-refractivity contribution is 6.30. The maximum Gasteiger partial charge on any atom is 0.333 e. The molecule has 2 aromatic carbocycles. The fraction of sp³-hybridized carbons (Fsp3) is 0.167. The van der Waals surface area contributed by atoms with Gasteiger partial charge in [0.1, 0.15) is 0 Å². The van der Waals surface area contributed by atoms with Crippen LogP contribution in [0.15, 0.2) is 70.4 Å². The molecule has 0 bridgehead atoms. The Kier molecular flexibility index (Phi) is 4.83. The molecule has 166 valence electrons. The van der Waals surface area contributed by atoms with Gasteiger partial charge in [-0.25, -0.2) is 9.36 Å². The number of benzene rings is 2. The van der Waals surface area contributed by atoms with Crippen LogP contribution >= 0.6 is 11.6 Å². The van der Waals surface area contributed by atoms with Gasteiger partial charge >= 0.3 is 5.69 Å². The van der Waals surface area contributed by atoms with Crippen molar-refractivity contribution in [3.8, 4) is 16.9 Å². The summed E-state index contributed by atoms with van der Waals surface area (Å²) < 4.78 is 5.88. The minimum Gasteiger partial charge on any atom is -0.298 e. The molecular formula is C24H20ClN5O3. The molecular weight excluding hydrogens is 442 g/mol. The second kappa shape index (κ2) is 7.60. The van der Waals surface area contributed by atoms with Gasteiger partial charge in [0.25, 0.3) is 5.56 Å². The zero-order valence-electron chi connectivity index (χ0n) is 18.2. The second-order valence-electron chi connectivity index (χ2n) is 7.95. The normalized spacial score (nSPS) is 12.5. The molecule has 0 unspecified atom stereocenters. The van der Waals surface area contributed by atoms with Crippen LogP contribution in [-0.2, 0) is 11.8 Å². The second-order valence-corrected chi connectivity index (χ2v) is 8.39. The highest BCUT2D eigenvalue weighted by Gasteiger charge is 2.25. The molecule has 0 aliphatic rings. The number of hydrogen-bond acceptors (Lipinski definition) is 4. The average molecular weight is 462 g/mol. The number of aryl methyl sites for hydroxylation is 1. The van der Waals surface area contributed by atoms with Crippen molar-refractivity contribution >= 4 is 34.3 Å². The Labute approximate surface area is 192 Å². The molecule has 8 nitrogen and oxygen atoms in total. The highest BCUT2D eigenvalue weighted by atomic mass is 35.5. The molecule has 0 N–H and O–H groups in total. The number of imidazole rings is 2. The Morgan fingerprint density at radius 1 is 1.03 bits per heavy atom. The monoisotopic (exact) mass is 461 g/mol. The average Bonchev–Trinajstić information content (AvgIpc) is 3.35. The van der Waals surface area contributed by atoms with E-state index in [-0.39, 0.29) is 16.9 Å². The number of carbonyl (C=O) groups excluding carboxylic acids is 1. The van der Waals surface area contributed by atoms with Gasteiger partial charge in [-0.05, 0) is 38.1 Å². The van der Waals surface area contributed by atoms with Crippen molar-refractivity contribution in [2.24, 2.45) is 7.05 Å². The molecule has 5 rings (SSSR count). The van der Waals surface area contributed by atoms with Crippen molar-refractivity contribution < 1.29 is 4.79 Å². The highest BCUT2D eigenvalue weighted by Crippen LogP contribution is 2.29. The Morgan fingerprint density at radius 2 is 1.70 bits per heavy atom. The Hall–Kier alpha value is -3.91. The van der Waals surface area contributed by atoms with Gasteiger partial charge in [0, 0.05) is 29.5 Å². The molecule has 0 amide bonds. The molecule has 0 aliphatic heterocycles. The van der Waals surface area contributed by atoms with E-state index in [9.17, 15) is 14.4 Å². The summed E-state index contributed by atoms with van der Waals surface area (Å²) in [5.74, 6) is 0.185. The van der Waals surface area contributed by atoms with Crippen molar-refractivity contribution in [2.45, 2.75) is 19.9 Å². The van der Waals surface area contributed by atoms with E-state index in [1.807, 2.05) is 53.2 Å². The third-order valence-electron chi connectivity index (χ3n) is 5.93. The third kappa shape index (κ3) is 3.14. The number of aromatic nitrogens is 5. The Balaban J connectivity index is 1.94. The largest absolute Gasteiger partial charge is 0.333 e. The summed E-state index contributed by atoms with van der Waals surface area (Å²) in [5.41, 5.74) is 1.86. The summed E-state index contributed by atoms with van der Waals surface area (Å²) >= 11 is 6.10. The number of halogens is 1. The van der Waals surface area contributed by atoms with Crippen molar-refractivity contribution in [1.82, 2.24) is 23.1 Å². The number of ketones is 1. The van der Waals surface area contributed by atoms with E-state index in [2.05, 4.69) is 4.98 Å². The number of hydrogen-bond donors (Lipinski definition) is 0. The van der Waals surface area contributed by atoms with Crippen LogP contribution in [0.3, 0.4) is 0 Å². The first-order valence-corrected chi connectivity index (χ1v) is 10.7. The van der Waals surface area contributed by atoms with Gasteiger partial charge in [-0.1, -0.05) is 41.9 Å². The van der Waals surface area contributed by atoms with Gasteiger partial charge in [0.15, 0.2) is 16.9 Å². The first-order valence-electron chi connectivity index (χ1n) is 10.4. The molecule has 0 saturated carbocycles. The van der Waals surface area contributed by atoms with Crippen LogP contribution in [-0.4, -0.2) is 28.9 Å². The lowest BCUT2D eigenvalue weighted by atomic mass is 10.1. The van der Waals surface area contributed by atoms with Crippen LogP contribution in [0.25, 0.3) is 33.9 Å². The molecule has 1 atom stereocenters. The quantitative estimate of drug-likeness (QED) is 0.409. The predicted octanol–water partition coefficient (Wildman–Crippen LogP) is 3.61. The number of nitrogens with zero attached hydrogens (tertiary/aromatic N) is 5. The predicted molar refractivity (Wildman–Crippen MR) is 127 cm³/mol. The van der Waals surface area contributed by atoms with Crippen LogP contribution in [0.1, 0.15) is 19.9 Å². The smallest absolute Gasteiger partial charge is 0.298 e. The van der Waals surface area contributed by atoms with Gasteiger partial charge in [-0.15, -0.1) is 0 Å². The topological polar surface area (TPSA) is 83.3 Å². The van der Waals surface area contributed by atoms with Gasteiger partial charge in [0.2, 0.25) is 5.78 Å². The third-order valence-corrected chi connectivity index (χ3v) is 6.18. The van der Waals surface area contributed by atoms with Crippen LogP contribution in [0.5, 0.6) is 0 Å². The van der Waals surface area contributed by atoms with E-state index in [1.54, 1.807) is 30.5 Å². The van der Waals surface area contributed by atoms with E-state index in [1.165, 1.54) is 11.5 Å². The van der Waals surface area contributed by atoms with Crippen LogP contribution in [0.2, 0.25) is 5.02 Å². The summed E-state index contributed by atoms with van der Waals surface area (Å²) in [6, 6.07) is 16.1. The molecule has 0 aliphatic carbocycles. The maximum absolute atomic E-state index is 13.5. The molecule has 3 aromatic heterocycles. The van der Waals surface area contributed by atoms with E-state index in [4.69, 9.17) is 11.6 Å². The van der Waals surface area contributed by atoms with E-state index >= 15 is 0 Å². The Morgan fingerprint density at radius 3 is 2.33 bits per heavy atom. The zero-order chi connectivity index (χ0) is 23.4. The summed E-state index contributed by atoms with van der Waals surface area (Å²) in [6.07, 6.45) is 1.82. The first-order chi connectivity index (χ1) is 15.8. The summed E-state index contributed by atoms with van der Waals surface area (Å²) in [6.45, 7) is 2.90. The molecule has 9 heteroatoms. The summed E-state index contributed by atoms with van der Waals surface area (Å²) in [5, 5.41) is 0.597. The van der Waals surface area contributed by atoms with Gasteiger partial charge in [0.05, 0.1) is 11.7 Å². The number of carbonyl (C=O) groups is 1. The summed E-state index contributed by atoms with van der Waals surface area (Å²) in [4.78, 5) is 43.1. The number of rotatable bonds is 4. The summed E-state index contributed by atoms with van der Waals surface area (Å²) in [7, 11) is 1.55. The van der Waals surface area contributed by atoms with Crippen LogP contribution in [0.4, 0.5) is 0 Å². The lowest BCUT2D eigenvalue weighted by Crippen LogP contribution is -2.42. The lowest BCUT2D eigenvalue weighted by Gasteiger charge is -2.12. The number of Topliss-reactive ketones (excluding diaryl/α,β-unsaturated/α-hetero) is 1. The van der Waals surface area contributed by atoms with Crippen LogP contribution in [0, 0.1) is 0 Å². The SMILES string of the molecule is CC(=O)[C@H](C)n1c(=O)c2c(nc3n(-c4ccc(Cl)cc4)c(-c4ccccc4)cn23)n(C)c1=O. The first kappa shape index (κ1) is 21.0. The fourth-order valence-corrected chi connectivity index (χ4v) is 4.17. The molecule has 0 fully saturated rings. The lowest BCUT2D eigenvalue weighted by molar-refractivity contribution is -0.119. The van der Waals surface area contributed by atoms with Crippen molar-refractivity contribution in [3.63, 3.8) is 0 Å². The molecule has 0 radical (unpaired) electrons. The molecule has 0 saturated heterocycles. The van der Waals surface area contributed by atoms with Crippen LogP contribution < -0.4 is 11.2 Å². The van der Waals surface area contributed by atoms with Crippen molar-refractivity contribution in [2.75, 3.05) is 0 Å². The molecule has 5 aromatic rings. The molecule has 0 spiro atoms. The van der Waals surface area contributed by atoms with E-state index < -0.39 is 17.3 Å². The van der Waals surface area contributed by atoms with Gasteiger partial charge < -0.3 is 0 Å². The molecule has 33 heavy (non-hydrogen) atoms. The maximum atomic E-state index is 13.5. The van der Waals surface area contributed by atoms with Gasteiger partial charge in [-0.3, -0.25) is 23.1 Å². The zero-order valence-corrected chi connectivity index (χ0v) is 18.9. The molecule has 3 heterocycles. The number of fused-ring (bicyclic) bond motifs is 3. The van der Waals surface area contributed by atoms with Gasteiger partial charge in [-0.2, -0.15) is 4.98 Å².